The van der Waals surface area contributed by atoms with Gasteiger partial charge in [-0.2, -0.15) is 13.9 Å². The molecule has 0 aliphatic rings. The zero-order valence-corrected chi connectivity index (χ0v) is 10.5. The molecule has 2 aromatic rings. The second-order valence-corrected chi connectivity index (χ2v) is 3.89. The molecule has 102 valence electrons. The molecule has 4 nitrogen and oxygen atoms in total. The van der Waals surface area contributed by atoms with Crippen LogP contribution in [0.5, 0.6) is 5.75 Å². The summed E-state index contributed by atoms with van der Waals surface area (Å²) in [4.78, 5) is 0. The number of nitrogens with zero attached hydrogens (tertiary/aromatic N) is 2. The van der Waals surface area contributed by atoms with Gasteiger partial charge in [-0.1, -0.05) is 12.1 Å². The smallest absolute Gasteiger partial charge is 0.333 e. The lowest BCUT2D eigenvalue weighted by atomic mass is 10.2. The maximum atomic E-state index is 12.3. The van der Waals surface area contributed by atoms with E-state index in [9.17, 15) is 8.78 Å². The second kappa shape index (κ2) is 6.17. The molecule has 1 aromatic carbocycles. The molecular weight excluding hydrogens is 252 g/mol. The lowest BCUT2D eigenvalue weighted by Gasteiger charge is -2.06. The molecule has 1 aromatic heterocycles. The number of halogens is 2. The molecule has 0 amide bonds. The summed E-state index contributed by atoms with van der Waals surface area (Å²) in [6, 6.07) is 9.10. The van der Waals surface area contributed by atoms with Crippen LogP contribution in [0.4, 0.5) is 14.6 Å². The number of rotatable bonds is 6. The molecule has 0 atom stereocenters. The van der Waals surface area contributed by atoms with Crippen molar-refractivity contribution in [3.63, 3.8) is 0 Å². The molecule has 1 heterocycles. The van der Waals surface area contributed by atoms with Gasteiger partial charge in [0, 0.05) is 18.8 Å². The van der Waals surface area contributed by atoms with Crippen molar-refractivity contribution in [1.29, 1.82) is 0 Å². The van der Waals surface area contributed by atoms with Gasteiger partial charge >= 0.3 is 6.55 Å². The van der Waals surface area contributed by atoms with E-state index < -0.39 is 6.55 Å². The standard InChI is InChI=1S/C13H15F2N3O/c1-2-19-11-5-3-10(4-6-11)9-16-12-7-8-18(17-12)13(14)15/h3-8,13H,2,9H2,1H3,(H,16,17). The summed E-state index contributed by atoms with van der Waals surface area (Å²) >= 11 is 0. The lowest BCUT2D eigenvalue weighted by Crippen LogP contribution is -2.03. The van der Waals surface area contributed by atoms with Gasteiger partial charge in [0.25, 0.3) is 0 Å². The Bertz CT molecular complexity index is 511. The Morgan fingerprint density at radius 1 is 1.26 bits per heavy atom. The molecule has 0 fully saturated rings. The number of anilines is 1. The zero-order chi connectivity index (χ0) is 13.7. The van der Waals surface area contributed by atoms with Crippen molar-refractivity contribution < 1.29 is 13.5 Å². The van der Waals surface area contributed by atoms with Crippen molar-refractivity contribution in [2.45, 2.75) is 20.0 Å². The number of alkyl halides is 2. The maximum absolute atomic E-state index is 12.3. The minimum Gasteiger partial charge on any atom is -0.494 e. The average molecular weight is 267 g/mol. The number of aromatic nitrogens is 2. The van der Waals surface area contributed by atoms with Gasteiger partial charge in [-0.05, 0) is 24.6 Å². The summed E-state index contributed by atoms with van der Waals surface area (Å²) < 4.78 is 30.6. The van der Waals surface area contributed by atoms with Gasteiger partial charge in [-0.15, -0.1) is 0 Å². The number of hydrogen-bond donors (Lipinski definition) is 1. The molecule has 0 saturated heterocycles. The van der Waals surface area contributed by atoms with Crippen molar-refractivity contribution in [3.8, 4) is 5.75 Å². The molecule has 0 bridgehead atoms. The fourth-order valence-electron chi connectivity index (χ4n) is 1.60. The van der Waals surface area contributed by atoms with E-state index in [-0.39, 0.29) is 0 Å². The average Bonchev–Trinajstić information content (AvgIpc) is 2.87. The number of ether oxygens (including phenoxy) is 1. The molecule has 19 heavy (non-hydrogen) atoms. The van der Waals surface area contributed by atoms with E-state index in [4.69, 9.17) is 4.74 Å². The van der Waals surface area contributed by atoms with E-state index in [1.54, 1.807) is 0 Å². The Kier molecular flexibility index (Phi) is 4.33. The third-order valence-electron chi connectivity index (χ3n) is 2.52. The van der Waals surface area contributed by atoms with Gasteiger partial charge in [0.15, 0.2) is 0 Å². The highest BCUT2D eigenvalue weighted by atomic mass is 19.3. The molecular formula is C13H15F2N3O. The van der Waals surface area contributed by atoms with Gasteiger partial charge < -0.3 is 10.1 Å². The van der Waals surface area contributed by atoms with Crippen molar-refractivity contribution in [2.24, 2.45) is 0 Å². The summed E-state index contributed by atoms with van der Waals surface area (Å²) in [6.45, 7) is 0.463. The number of benzene rings is 1. The van der Waals surface area contributed by atoms with Crippen LogP contribution in [0.25, 0.3) is 0 Å². The molecule has 0 aliphatic carbocycles. The van der Waals surface area contributed by atoms with Crippen LogP contribution >= 0.6 is 0 Å². The molecule has 0 unspecified atom stereocenters. The van der Waals surface area contributed by atoms with E-state index in [1.165, 1.54) is 12.3 Å². The normalized spacial score (nSPS) is 10.7. The molecule has 1 N–H and O–H groups in total. The highest BCUT2D eigenvalue weighted by Crippen LogP contribution is 2.15. The lowest BCUT2D eigenvalue weighted by molar-refractivity contribution is 0.0569. The summed E-state index contributed by atoms with van der Waals surface area (Å²) in [6.07, 6.45) is 1.24. The van der Waals surface area contributed by atoms with Crippen molar-refractivity contribution >= 4 is 5.82 Å². The first-order valence-corrected chi connectivity index (χ1v) is 5.98. The Morgan fingerprint density at radius 3 is 2.58 bits per heavy atom. The van der Waals surface area contributed by atoms with Crippen LogP contribution in [0.2, 0.25) is 0 Å². The van der Waals surface area contributed by atoms with Gasteiger partial charge in [0.1, 0.15) is 11.6 Å². The monoisotopic (exact) mass is 267 g/mol. The van der Waals surface area contributed by atoms with Crippen LogP contribution < -0.4 is 10.1 Å². The van der Waals surface area contributed by atoms with Gasteiger partial charge in [0.05, 0.1) is 6.61 Å². The molecule has 0 spiro atoms. The molecule has 0 aliphatic heterocycles. The van der Waals surface area contributed by atoms with Crippen LogP contribution in [0, 0.1) is 0 Å². The fraction of sp³-hybridized carbons (Fsp3) is 0.308. The molecule has 6 heteroatoms. The Morgan fingerprint density at radius 2 is 2.00 bits per heavy atom. The highest BCUT2D eigenvalue weighted by molar-refractivity contribution is 5.35. The quantitative estimate of drug-likeness (QED) is 0.873. The van der Waals surface area contributed by atoms with Crippen molar-refractivity contribution in [3.05, 3.63) is 42.1 Å². The van der Waals surface area contributed by atoms with E-state index >= 15 is 0 Å². The SMILES string of the molecule is CCOc1ccc(CNc2ccn(C(F)F)n2)cc1. The van der Waals surface area contributed by atoms with Gasteiger partial charge in [-0.25, -0.2) is 4.68 Å². The first-order valence-electron chi connectivity index (χ1n) is 5.98. The predicted octanol–water partition coefficient (Wildman–Crippen LogP) is 3.29. The zero-order valence-electron chi connectivity index (χ0n) is 10.5. The number of nitrogens with one attached hydrogen (secondary N) is 1. The van der Waals surface area contributed by atoms with Crippen LogP contribution in [0.1, 0.15) is 19.0 Å². The molecule has 0 radical (unpaired) electrons. The minimum absolute atomic E-state index is 0.425. The van der Waals surface area contributed by atoms with Gasteiger partial charge in [0.2, 0.25) is 0 Å². The van der Waals surface area contributed by atoms with E-state index in [0.717, 1.165) is 11.3 Å². The largest absolute Gasteiger partial charge is 0.494 e. The van der Waals surface area contributed by atoms with Crippen molar-refractivity contribution in [2.75, 3.05) is 11.9 Å². The topological polar surface area (TPSA) is 39.1 Å². The summed E-state index contributed by atoms with van der Waals surface area (Å²) in [5.74, 6) is 1.24. The minimum atomic E-state index is -2.61. The summed E-state index contributed by atoms with van der Waals surface area (Å²) in [5, 5.41) is 6.68. The van der Waals surface area contributed by atoms with Crippen LogP contribution in [-0.4, -0.2) is 16.4 Å². The fourth-order valence-corrected chi connectivity index (χ4v) is 1.60. The number of hydrogen-bond acceptors (Lipinski definition) is 3. The molecule has 2 rings (SSSR count). The van der Waals surface area contributed by atoms with E-state index in [0.29, 0.717) is 23.7 Å². The third kappa shape index (κ3) is 3.67. The van der Waals surface area contributed by atoms with E-state index in [2.05, 4.69) is 10.4 Å². The van der Waals surface area contributed by atoms with Crippen molar-refractivity contribution in [1.82, 2.24) is 9.78 Å². The Hall–Kier alpha value is -2.11. The first kappa shape index (κ1) is 13.3. The summed E-state index contributed by atoms with van der Waals surface area (Å²) in [7, 11) is 0. The van der Waals surface area contributed by atoms with Crippen LogP contribution in [-0.2, 0) is 6.54 Å². The van der Waals surface area contributed by atoms with E-state index in [1.807, 2.05) is 31.2 Å². The second-order valence-electron chi connectivity index (χ2n) is 3.89. The maximum Gasteiger partial charge on any atom is 0.333 e. The summed E-state index contributed by atoms with van der Waals surface area (Å²) in [5.41, 5.74) is 1.02. The first-order chi connectivity index (χ1) is 9.19. The third-order valence-corrected chi connectivity index (χ3v) is 2.52. The van der Waals surface area contributed by atoms with Gasteiger partial charge in [-0.3, -0.25) is 0 Å². The highest BCUT2D eigenvalue weighted by Gasteiger charge is 2.06. The Labute approximate surface area is 110 Å². The predicted molar refractivity (Wildman–Crippen MR) is 68.4 cm³/mol. The molecule has 0 saturated carbocycles. The van der Waals surface area contributed by atoms with Crippen LogP contribution in [0.3, 0.4) is 0 Å². The van der Waals surface area contributed by atoms with Crippen LogP contribution in [0.15, 0.2) is 36.5 Å². The Balaban J connectivity index is 1.90.